The van der Waals surface area contributed by atoms with Crippen molar-refractivity contribution in [3.05, 3.63) is 47.0 Å². The average Bonchev–Trinajstić information content (AvgIpc) is 2.67. The molecule has 2 fully saturated rings. The summed E-state index contributed by atoms with van der Waals surface area (Å²) in [6, 6.07) is 7.73. The van der Waals surface area contributed by atoms with Gasteiger partial charge in [0.25, 0.3) is 0 Å². The molecule has 0 heterocycles. The normalized spacial score (nSPS) is 30.0. The molecule has 1 aromatic rings. The second-order valence-electron chi connectivity index (χ2n) is 8.00. The molecule has 0 spiro atoms. The van der Waals surface area contributed by atoms with Crippen molar-refractivity contribution in [2.24, 2.45) is 23.7 Å². The molecule has 0 atom stereocenters. The summed E-state index contributed by atoms with van der Waals surface area (Å²) in [6.07, 6.45) is 17.3. The highest BCUT2D eigenvalue weighted by Gasteiger charge is 2.29. The molecule has 0 radical (unpaired) electrons. The quantitative estimate of drug-likeness (QED) is 0.500. The number of allylic oxidation sites excluding steroid dienone is 2. The molecule has 2 aliphatic carbocycles. The molecule has 0 saturated heterocycles. The summed E-state index contributed by atoms with van der Waals surface area (Å²) in [4.78, 5) is 0. The van der Waals surface area contributed by atoms with E-state index in [4.69, 9.17) is 11.6 Å². The molecule has 1 heteroatoms. The van der Waals surface area contributed by atoms with Gasteiger partial charge in [0.15, 0.2) is 0 Å². The number of benzene rings is 1. The standard InChI is InChI=1S/C24H31Cl/c1-2-19-7-13-22(14-8-19)23-15-9-20(10-16-23)5-3-4-6-21-11-17-24(25)18-12-21/h3,5,11-12,17-20,22-23H,2,7-10,13-16H2,1H3/t19-,20?,22-,23?. The van der Waals surface area contributed by atoms with Gasteiger partial charge in [-0.05, 0) is 92.5 Å². The third-order valence-electron chi connectivity index (χ3n) is 6.46. The Hall–Kier alpha value is -1.19. The minimum absolute atomic E-state index is 0.739. The van der Waals surface area contributed by atoms with E-state index >= 15 is 0 Å². The fraction of sp³-hybridized carbons (Fsp3) is 0.583. The summed E-state index contributed by atoms with van der Waals surface area (Å²) in [6.45, 7) is 2.36. The Balaban J connectivity index is 1.41. The summed E-state index contributed by atoms with van der Waals surface area (Å²) >= 11 is 5.89. The first-order valence-electron chi connectivity index (χ1n) is 10.2. The molecular formula is C24H31Cl. The summed E-state index contributed by atoms with van der Waals surface area (Å²) < 4.78 is 0. The maximum Gasteiger partial charge on any atom is 0.0406 e. The Kier molecular flexibility index (Phi) is 7.06. The van der Waals surface area contributed by atoms with Crippen molar-refractivity contribution >= 4 is 11.6 Å². The van der Waals surface area contributed by atoms with Gasteiger partial charge in [0.05, 0.1) is 0 Å². The first-order chi connectivity index (χ1) is 12.2. The maximum atomic E-state index is 5.89. The molecule has 3 rings (SSSR count). The van der Waals surface area contributed by atoms with E-state index in [1.165, 1.54) is 57.8 Å². The molecule has 1 aromatic carbocycles. The van der Waals surface area contributed by atoms with Crippen LogP contribution in [0.1, 0.15) is 70.3 Å². The first-order valence-corrected chi connectivity index (χ1v) is 10.6. The molecule has 0 bridgehead atoms. The van der Waals surface area contributed by atoms with Crippen molar-refractivity contribution in [2.45, 2.75) is 64.7 Å². The van der Waals surface area contributed by atoms with Crippen LogP contribution in [0.4, 0.5) is 0 Å². The van der Waals surface area contributed by atoms with E-state index in [1.807, 2.05) is 24.3 Å². The molecule has 2 saturated carbocycles. The van der Waals surface area contributed by atoms with Gasteiger partial charge in [0.1, 0.15) is 0 Å². The highest BCUT2D eigenvalue weighted by atomic mass is 35.5. The zero-order valence-corrected chi connectivity index (χ0v) is 16.3. The van der Waals surface area contributed by atoms with Gasteiger partial charge < -0.3 is 0 Å². The number of halogens is 1. The van der Waals surface area contributed by atoms with Gasteiger partial charge in [0.2, 0.25) is 0 Å². The van der Waals surface area contributed by atoms with Crippen LogP contribution in [0.2, 0.25) is 5.02 Å². The molecular weight excluding hydrogens is 324 g/mol. The Bertz CT molecular complexity index is 600. The molecule has 134 valence electrons. The van der Waals surface area contributed by atoms with E-state index in [-0.39, 0.29) is 0 Å². The van der Waals surface area contributed by atoms with Gasteiger partial charge in [-0.2, -0.15) is 0 Å². The van der Waals surface area contributed by atoms with Crippen LogP contribution in [0.15, 0.2) is 36.4 Å². The minimum atomic E-state index is 0.739. The van der Waals surface area contributed by atoms with Crippen molar-refractivity contribution in [1.82, 2.24) is 0 Å². The Morgan fingerprint density at radius 3 is 2.12 bits per heavy atom. The van der Waals surface area contributed by atoms with Gasteiger partial charge in [-0.15, -0.1) is 0 Å². The predicted octanol–water partition coefficient (Wildman–Crippen LogP) is 7.27. The maximum absolute atomic E-state index is 5.89. The fourth-order valence-corrected chi connectivity index (χ4v) is 4.85. The van der Waals surface area contributed by atoms with Gasteiger partial charge >= 0.3 is 0 Å². The van der Waals surface area contributed by atoms with Gasteiger partial charge in [-0.3, -0.25) is 0 Å². The lowest BCUT2D eigenvalue weighted by molar-refractivity contribution is 0.154. The third-order valence-corrected chi connectivity index (χ3v) is 6.72. The second kappa shape index (κ2) is 9.49. The Morgan fingerprint density at radius 2 is 1.52 bits per heavy atom. The zero-order chi connectivity index (χ0) is 17.5. The molecule has 0 aliphatic heterocycles. The average molecular weight is 355 g/mol. The van der Waals surface area contributed by atoms with Crippen molar-refractivity contribution < 1.29 is 0 Å². The summed E-state index contributed by atoms with van der Waals surface area (Å²) in [5, 5.41) is 0.765. The lowest BCUT2D eigenvalue weighted by atomic mass is 9.69. The molecule has 2 aliphatic rings. The predicted molar refractivity (Wildman–Crippen MR) is 109 cm³/mol. The van der Waals surface area contributed by atoms with Crippen LogP contribution in [-0.4, -0.2) is 0 Å². The van der Waals surface area contributed by atoms with Crippen LogP contribution in [0.25, 0.3) is 0 Å². The van der Waals surface area contributed by atoms with Crippen LogP contribution in [0, 0.1) is 35.5 Å². The van der Waals surface area contributed by atoms with E-state index in [2.05, 4.69) is 30.9 Å². The second-order valence-corrected chi connectivity index (χ2v) is 8.44. The van der Waals surface area contributed by atoms with Crippen molar-refractivity contribution in [3.63, 3.8) is 0 Å². The smallest absolute Gasteiger partial charge is 0.0406 e. The van der Waals surface area contributed by atoms with Crippen LogP contribution in [0.5, 0.6) is 0 Å². The van der Waals surface area contributed by atoms with E-state index in [1.54, 1.807) is 0 Å². The summed E-state index contributed by atoms with van der Waals surface area (Å²) in [7, 11) is 0. The van der Waals surface area contributed by atoms with Crippen molar-refractivity contribution in [1.29, 1.82) is 0 Å². The fourth-order valence-electron chi connectivity index (χ4n) is 4.72. The summed E-state index contributed by atoms with van der Waals surface area (Å²) in [5.41, 5.74) is 1.03. The molecule has 0 nitrogen and oxygen atoms in total. The zero-order valence-electron chi connectivity index (χ0n) is 15.5. The lowest BCUT2D eigenvalue weighted by Gasteiger charge is -2.37. The van der Waals surface area contributed by atoms with Gasteiger partial charge in [-0.25, -0.2) is 0 Å². The minimum Gasteiger partial charge on any atom is -0.0843 e. The number of hydrogen-bond acceptors (Lipinski definition) is 0. The lowest BCUT2D eigenvalue weighted by Crippen LogP contribution is -2.25. The molecule has 0 unspecified atom stereocenters. The van der Waals surface area contributed by atoms with Gasteiger partial charge in [0, 0.05) is 10.6 Å². The first kappa shape index (κ1) is 18.6. The highest BCUT2D eigenvalue weighted by molar-refractivity contribution is 6.30. The number of rotatable bonds is 3. The van der Waals surface area contributed by atoms with E-state index in [0.717, 1.165) is 34.3 Å². The monoisotopic (exact) mass is 354 g/mol. The van der Waals surface area contributed by atoms with Crippen LogP contribution in [0.3, 0.4) is 0 Å². The topological polar surface area (TPSA) is 0 Å². The van der Waals surface area contributed by atoms with E-state index in [0.29, 0.717) is 0 Å². The summed E-state index contributed by atoms with van der Waals surface area (Å²) in [5.74, 6) is 10.2. The molecule has 0 aromatic heterocycles. The van der Waals surface area contributed by atoms with Crippen LogP contribution in [-0.2, 0) is 0 Å². The Morgan fingerprint density at radius 1 is 0.920 bits per heavy atom. The third kappa shape index (κ3) is 5.65. The number of hydrogen-bond donors (Lipinski definition) is 0. The van der Waals surface area contributed by atoms with Crippen molar-refractivity contribution in [2.75, 3.05) is 0 Å². The van der Waals surface area contributed by atoms with E-state index in [9.17, 15) is 0 Å². The Labute approximate surface area is 159 Å². The highest BCUT2D eigenvalue weighted by Crippen LogP contribution is 2.42. The largest absolute Gasteiger partial charge is 0.0843 e. The molecule has 0 N–H and O–H groups in total. The van der Waals surface area contributed by atoms with E-state index < -0.39 is 0 Å². The molecule has 0 amide bonds. The SMILES string of the molecule is CC[C@H]1CC[C@H](C2CCC(C=CC#Cc3ccc(Cl)cc3)CC2)CC1. The van der Waals surface area contributed by atoms with Gasteiger partial charge in [-0.1, -0.05) is 55.7 Å². The van der Waals surface area contributed by atoms with Crippen LogP contribution >= 0.6 is 11.6 Å². The van der Waals surface area contributed by atoms with Crippen LogP contribution < -0.4 is 0 Å². The van der Waals surface area contributed by atoms with Crippen molar-refractivity contribution in [3.8, 4) is 11.8 Å². The molecule has 25 heavy (non-hydrogen) atoms.